The zero-order valence-corrected chi connectivity index (χ0v) is 14.9. The molecule has 0 radical (unpaired) electrons. The molecule has 0 unspecified atom stereocenters. The Bertz CT molecular complexity index is 683. The van der Waals surface area contributed by atoms with Crippen LogP contribution in [0.5, 0.6) is 0 Å². The topological polar surface area (TPSA) is 69.6 Å². The van der Waals surface area contributed by atoms with Crippen LogP contribution in [0.15, 0.2) is 36.4 Å². The summed E-state index contributed by atoms with van der Waals surface area (Å²) in [4.78, 5) is 26.0. The number of likely N-dealkylation sites (tertiary alicyclic amines) is 1. The number of rotatable bonds is 6. The summed E-state index contributed by atoms with van der Waals surface area (Å²) >= 11 is 0. The second kappa shape index (κ2) is 7.00. The van der Waals surface area contributed by atoms with Crippen LogP contribution in [0.3, 0.4) is 0 Å². The molecule has 0 aromatic heterocycles. The Balaban J connectivity index is 1.80. The normalized spacial score (nSPS) is 26.8. The summed E-state index contributed by atoms with van der Waals surface area (Å²) in [5, 5.41) is 12.4. The van der Waals surface area contributed by atoms with E-state index < -0.39 is 17.3 Å². The fraction of sp³-hybridized carbons (Fsp3) is 0.500. The monoisotopic (exact) mass is 342 g/mol. The number of carbonyl (C=O) groups is 2. The number of fused-ring (bicyclic) bond motifs is 1. The van der Waals surface area contributed by atoms with Crippen molar-refractivity contribution in [2.75, 3.05) is 26.2 Å². The molecule has 2 aliphatic rings. The van der Waals surface area contributed by atoms with E-state index in [-0.39, 0.29) is 12.5 Å². The molecule has 2 N–H and O–H groups in total. The van der Waals surface area contributed by atoms with Gasteiger partial charge in [-0.1, -0.05) is 50.3 Å². The third-order valence-electron chi connectivity index (χ3n) is 5.31. The first-order valence-electron chi connectivity index (χ1n) is 8.90. The minimum atomic E-state index is -0.975. The highest BCUT2D eigenvalue weighted by Crippen LogP contribution is 2.40. The maximum absolute atomic E-state index is 12.1. The Morgan fingerprint density at radius 3 is 2.72 bits per heavy atom. The van der Waals surface area contributed by atoms with Crippen molar-refractivity contribution in [3.05, 3.63) is 42.0 Å². The van der Waals surface area contributed by atoms with Crippen molar-refractivity contribution < 1.29 is 14.7 Å². The summed E-state index contributed by atoms with van der Waals surface area (Å²) in [6.07, 6.45) is 3.23. The third-order valence-corrected chi connectivity index (χ3v) is 5.31. The van der Waals surface area contributed by atoms with Gasteiger partial charge in [0.15, 0.2) is 0 Å². The van der Waals surface area contributed by atoms with E-state index in [1.54, 1.807) is 0 Å². The summed E-state index contributed by atoms with van der Waals surface area (Å²) in [5.41, 5.74) is 1.39. The highest BCUT2D eigenvalue weighted by Gasteiger charge is 2.59. The van der Waals surface area contributed by atoms with E-state index in [0.717, 1.165) is 12.0 Å². The smallest absolute Gasteiger partial charge is 0.313 e. The Kier molecular flexibility index (Phi) is 4.95. The van der Waals surface area contributed by atoms with Crippen LogP contribution >= 0.6 is 0 Å². The number of carbonyl (C=O) groups excluding carboxylic acids is 1. The molecule has 0 aliphatic carbocycles. The van der Waals surface area contributed by atoms with E-state index in [1.165, 1.54) is 5.57 Å². The molecule has 3 rings (SSSR count). The SMILES string of the molecule is CC(C)C/C=C(\CN1C[C@H]2C(=O)NC[C@@]2(C(=O)O)C1)c1ccccc1. The Labute approximate surface area is 148 Å². The van der Waals surface area contributed by atoms with Gasteiger partial charge in [-0.25, -0.2) is 0 Å². The number of carboxylic acid groups (broad SMARTS) is 1. The second-order valence-corrected chi connectivity index (χ2v) is 7.63. The Morgan fingerprint density at radius 2 is 2.12 bits per heavy atom. The van der Waals surface area contributed by atoms with Gasteiger partial charge in [-0.15, -0.1) is 0 Å². The maximum Gasteiger partial charge on any atom is 0.313 e. The van der Waals surface area contributed by atoms with Crippen molar-refractivity contribution in [3.8, 4) is 0 Å². The van der Waals surface area contributed by atoms with Crippen LogP contribution < -0.4 is 5.32 Å². The van der Waals surface area contributed by atoms with Crippen LogP contribution in [0.2, 0.25) is 0 Å². The molecule has 0 spiro atoms. The van der Waals surface area contributed by atoms with Crippen molar-refractivity contribution in [1.29, 1.82) is 0 Å². The molecular formula is C20H26N2O3. The fourth-order valence-corrected chi connectivity index (χ4v) is 3.85. The lowest BCUT2D eigenvalue weighted by molar-refractivity contribution is -0.149. The molecule has 1 amide bonds. The van der Waals surface area contributed by atoms with Gasteiger partial charge in [-0.05, 0) is 23.5 Å². The van der Waals surface area contributed by atoms with Gasteiger partial charge in [0.2, 0.25) is 5.91 Å². The van der Waals surface area contributed by atoms with Gasteiger partial charge in [-0.3, -0.25) is 14.5 Å². The summed E-state index contributed by atoms with van der Waals surface area (Å²) in [6, 6.07) is 10.2. The summed E-state index contributed by atoms with van der Waals surface area (Å²) < 4.78 is 0. The molecule has 2 fully saturated rings. The molecule has 2 atom stereocenters. The first kappa shape index (κ1) is 17.7. The van der Waals surface area contributed by atoms with E-state index in [0.29, 0.717) is 25.6 Å². The molecule has 0 bridgehead atoms. The predicted octanol–water partition coefficient (Wildman–Crippen LogP) is 2.25. The van der Waals surface area contributed by atoms with E-state index in [1.807, 2.05) is 18.2 Å². The minimum Gasteiger partial charge on any atom is -0.481 e. The van der Waals surface area contributed by atoms with Gasteiger partial charge in [0, 0.05) is 26.2 Å². The first-order chi connectivity index (χ1) is 11.9. The number of nitrogens with one attached hydrogen (secondary N) is 1. The van der Waals surface area contributed by atoms with Gasteiger partial charge in [-0.2, -0.15) is 0 Å². The molecule has 1 aromatic carbocycles. The van der Waals surface area contributed by atoms with Gasteiger partial charge in [0.25, 0.3) is 0 Å². The number of carboxylic acids is 1. The largest absolute Gasteiger partial charge is 0.481 e. The molecular weight excluding hydrogens is 316 g/mol. The molecule has 5 nitrogen and oxygen atoms in total. The standard InChI is InChI=1S/C20H26N2O3/c1-14(2)8-9-16(15-6-4-3-5-7-15)10-22-11-17-18(23)21-12-20(17,13-22)19(24)25/h3-7,9,14,17H,8,10-13H2,1-2H3,(H,21,23)(H,24,25)/b16-9+/t17-,20+/m0/s1. The highest BCUT2D eigenvalue weighted by atomic mass is 16.4. The van der Waals surface area contributed by atoms with Crippen molar-refractivity contribution >= 4 is 17.4 Å². The third kappa shape index (κ3) is 3.47. The van der Waals surface area contributed by atoms with Crippen LogP contribution in [-0.4, -0.2) is 48.1 Å². The number of allylic oxidation sites excluding steroid dienone is 1. The van der Waals surface area contributed by atoms with Gasteiger partial charge in [0.1, 0.15) is 5.41 Å². The fourth-order valence-electron chi connectivity index (χ4n) is 3.85. The lowest BCUT2D eigenvalue weighted by Gasteiger charge is -2.23. The van der Waals surface area contributed by atoms with Crippen LogP contribution in [-0.2, 0) is 9.59 Å². The number of benzene rings is 1. The molecule has 2 aliphatic heterocycles. The number of aliphatic carboxylic acids is 1. The van der Waals surface area contributed by atoms with Gasteiger partial charge >= 0.3 is 5.97 Å². The minimum absolute atomic E-state index is 0.127. The zero-order valence-electron chi connectivity index (χ0n) is 14.9. The van der Waals surface area contributed by atoms with Crippen LogP contribution in [0, 0.1) is 17.3 Å². The summed E-state index contributed by atoms with van der Waals surface area (Å²) in [5.74, 6) is -0.886. The maximum atomic E-state index is 12.1. The van der Waals surface area contributed by atoms with Crippen LogP contribution in [0.25, 0.3) is 5.57 Å². The summed E-state index contributed by atoms with van der Waals surface area (Å²) in [7, 11) is 0. The summed E-state index contributed by atoms with van der Waals surface area (Å²) in [6.45, 7) is 6.20. The molecule has 0 saturated carbocycles. The quantitative estimate of drug-likeness (QED) is 0.832. The first-order valence-corrected chi connectivity index (χ1v) is 8.90. The van der Waals surface area contributed by atoms with Gasteiger partial charge < -0.3 is 10.4 Å². The lowest BCUT2D eigenvalue weighted by Crippen LogP contribution is -2.40. The molecule has 2 heterocycles. The Hall–Kier alpha value is -2.14. The zero-order chi connectivity index (χ0) is 18.0. The van der Waals surface area contributed by atoms with E-state index >= 15 is 0 Å². The van der Waals surface area contributed by atoms with Crippen molar-refractivity contribution in [2.24, 2.45) is 17.3 Å². The number of amides is 1. The van der Waals surface area contributed by atoms with Crippen molar-refractivity contribution in [1.82, 2.24) is 10.2 Å². The second-order valence-electron chi connectivity index (χ2n) is 7.63. The average Bonchev–Trinajstić information content (AvgIpc) is 3.10. The molecule has 5 heteroatoms. The number of nitrogens with zero attached hydrogens (tertiary/aromatic N) is 1. The number of hydrogen-bond acceptors (Lipinski definition) is 3. The van der Waals surface area contributed by atoms with Crippen LogP contribution in [0.1, 0.15) is 25.8 Å². The van der Waals surface area contributed by atoms with Crippen molar-refractivity contribution in [2.45, 2.75) is 20.3 Å². The Morgan fingerprint density at radius 1 is 1.40 bits per heavy atom. The number of hydrogen-bond donors (Lipinski definition) is 2. The molecule has 1 aromatic rings. The molecule has 134 valence electrons. The van der Waals surface area contributed by atoms with E-state index in [9.17, 15) is 14.7 Å². The van der Waals surface area contributed by atoms with E-state index in [2.05, 4.69) is 42.3 Å². The lowest BCUT2D eigenvalue weighted by atomic mass is 9.81. The molecule has 2 saturated heterocycles. The van der Waals surface area contributed by atoms with Crippen LogP contribution in [0.4, 0.5) is 0 Å². The average molecular weight is 342 g/mol. The van der Waals surface area contributed by atoms with Gasteiger partial charge in [0.05, 0.1) is 5.92 Å². The van der Waals surface area contributed by atoms with Crippen molar-refractivity contribution in [3.63, 3.8) is 0 Å². The molecule has 25 heavy (non-hydrogen) atoms. The predicted molar refractivity (Wildman–Crippen MR) is 96.9 cm³/mol. The highest BCUT2D eigenvalue weighted by molar-refractivity contribution is 5.92. The van der Waals surface area contributed by atoms with E-state index in [4.69, 9.17) is 0 Å².